The van der Waals surface area contributed by atoms with Gasteiger partial charge in [-0.1, -0.05) is 6.92 Å². The van der Waals surface area contributed by atoms with E-state index in [1.54, 1.807) is 6.07 Å². The van der Waals surface area contributed by atoms with Crippen molar-refractivity contribution in [3.05, 3.63) is 17.5 Å². The molecule has 0 saturated carbocycles. The van der Waals surface area contributed by atoms with Crippen LogP contribution >= 0.6 is 0 Å². The Labute approximate surface area is 107 Å². The molecule has 1 saturated heterocycles. The second-order valence-electron chi connectivity index (χ2n) is 4.48. The van der Waals surface area contributed by atoms with E-state index < -0.39 is 0 Å². The third-order valence-corrected chi connectivity index (χ3v) is 3.20. The Morgan fingerprint density at radius 1 is 1.33 bits per heavy atom. The van der Waals surface area contributed by atoms with Gasteiger partial charge in [0, 0.05) is 31.9 Å². The molecule has 0 bridgehead atoms. The fraction of sp³-hybridized carbons (Fsp3) is 0.583. The maximum Gasteiger partial charge on any atom is 0.272 e. The molecule has 0 atom stereocenters. The van der Waals surface area contributed by atoms with Crippen LogP contribution in [0.15, 0.2) is 6.07 Å². The lowest BCUT2D eigenvalue weighted by Gasteiger charge is -2.33. The first-order valence-electron chi connectivity index (χ1n) is 6.23. The summed E-state index contributed by atoms with van der Waals surface area (Å²) in [7, 11) is 0. The predicted octanol–water partition coefficient (Wildman–Crippen LogP) is 0.145. The first-order chi connectivity index (χ1) is 8.60. The van der Waals surface area contributed by atoms with Gasteiger partial charge in [0.05, 0.1) is 0 Å². The molecular weight excluding hydrogens is 230 g/mol. The number of amides is 1. The number of carbonyl (C=O) groups is 1. The normalized spacial score (nSPS) is 16.9. The van der Waals surface area contributed by atoms with Gasteiger partial charge >= 0.3 is 0 Å². The van der Waals surface area contributed by atoms with E-state index >= 15 is 0 Å². The summed E-state index contributed by atoms with van der Waals surface area (Å²) in [5.74, 6) is 0.105. The number of nitrogen functional groups attached to an aromatic ring is 1. The zero-order chi connectivity index (χ0) is 13.1. The molecular formula is C12H19N5O. The van der Waals surface area contributed by atoms with E-state index in [1.807, 2.05) is 11.8 Å². The molecule has 18 heavy (non-hydrogen) atoms. The number of hydrogen-bond acceptors (Lipinski definition) is 5. The van der Waals surface area contributed by atoms with Crippen LogP contribution in [0.5, 0.6) is 0 Å². The number of aryl methyl sites for hydroxylation is 1. The van der Waals surface area contributed by atoms with Gasteiger partial charge in [-0.15, -0.1) is 0 Å². The highest BCUT2D eigenvalue weighted by Crippen LogP contribution is 2.09. The second-order valence-corrected chi connectivity index (χ2v) is 4.48. The van der Waals surface area contributed by atoms with Gasteiger partial charge in [-0.25, -0.2) is 9.97 Å². The molecule has 1 amide bonds. The van der Waals surface area contributed by atoms with Crippen molar-refractivity contribution >= 4 is 11.9 Å². The van der Waals surface area contributed by atoms with Gasteiger partial charge in [0.1, 0.15) is 5.69 Å². The van der Waals surface area contributed by atoms with Crippen molar-refractivity contribution in [2.75, 3.05) is 38.5 Å². The van der Waals surface area contributed by atoms with Gasteiger partial charge in [0.2, 0.25) is 5.95 Å². The van der Waals surface area contributed by atoms with E-state index in [9.17, 15) is 4.79 Å². The van der Waals surface area contributed by atoms with Crippen LogP contribution in [0.2, 0.25) is 0 Å². The fourth-order valence-electron chi connectivity index (χ4n) is 2.13. The number of carbonyl (C=O) groups excluding carboxylic acids is 1. The van der Waals surface area contributed by atoms with Crippen LogP contribution in [0.25, 0.3) is 0 Å². The Balaban J connectivity index is 2.07. The number of nitrogens with zero attached hydrogens (tertiary/aromatic N) is 4. The van der Waals surface area contributed by atoms with Crippen molar-refractivity contribution < 1.29 is 4.79 Å². The standard InChI is InChI=1S/C12H19N5O/c1-3-16-4-6-17(7-5-16)11(18)10-8-9(2)14-12(13)15-10/h8H,3-7H2,1-2H3,(H2,13,14,15). The average Bonchev–Trinajstić information content (AvgIpc) is 2.37. The quantitative estimate of drug-likeness (QED) is 0.807. The van der Waals surface area contributed by atoms with Crippen LogP contribution < -0.4 is 5.73 Å². The summed E-state index contributed by atoms with van der Waals surface area (Å²) < 4.78 is 0. The first kappa shape index (κ1) is 12.8. The minimum atomic E-state index is -0.0528. The summed E-state index contributed by atoms with van der Waals surface area (Å²) in [6.07, 6.45) is 0. The van der Waals surface area contributed by atoms with Crippen LogP contribution in [-0.2, 0) is 0 Å². The zero-order valence-corrected chi connectivity index (χ0v) is 10.9. The Morgan fingerprint density at radius 2 is 2.00 bits per heavy atom. The van der Waals surface area contributed by atoms with Crippen LogP contribution in [0.3, 0.4) is 0 Å². The molecule has 0 spiro atoms. The van der Waals surface area contributed by atoms with Gasteiger partial charge in [0.15, 0.2) is 0 Å². The highest BCUT2D eigenvalue weighted by Gasteiger charge is 2.22. The molecule has 1 aliphatic rings. The second kappa shape index (κ2) is 5.30. The molecule has 1 aliphatic heterocycles. The largest absolute Gasteiger partial charge is 0.368 e. The molecule has 2 heterocycles. The van der Waals surface area contributed by atoms with E-state index in [0.29, 0.717) is 5.69 Å². The monoisotopic (exact) mass is 249 g/mol. The Hall–Kier alpha value is -1.69. The predicted molar refractivity (Wildman–Crippen MR) is 69.2 cm³/mol. The molecule has 0 unspecified atom stereocenters. The van der Waals surface area contributed by atoms with Crippen molar-refractivity contribution in [3.8, 4) is 0 Å². The van der Waals surface area contributed by atoms with E-state index in [1.165, 1.54) is 0 Å². The average molecular weight is 249 g/mol. The van der Waals surface area contributed by atoms with E-state index in [-0.39, 0.29) is 11.9 Å². The van der Waals surface area contributed by atoms with Gasteiger partial charge in [-0.05, 0) is 19.5 Å². The number of nitrogens with two attached hydrogens (primary N) is 1. The SMILES string of the molecule is CCN1CCN(C(=O)c2cc(C)nc(N)n2)CC1. The highest BCUT2D eigenvalue weighted by molar-refractivity contribution is 5.92. The molecule has 1 aromatic heterocycles. The number of likely N-dealkylation sites (N-methyl/N-ethyl adjacent to an activating group) is 1. The zero-order valence-electron chi connectivity index (χ0n) is 10.9. The van der Waals surface area contributed by atoms with E-state index in [4.69, 9.17) is 5.73 Å². The lowest BCUT2D eigenvalue weighted by Crippen LogP contribution is -2.48. The number of rotatable bonds is 2. The van der Waals surface area contributed by atoms with Gasteiger partial charge < -0.3 is 15.5 Å². The number of aromatic nitrogens is 2. The molecule has 2 rings (SSSR count). The summed E-state index contributed by atoms with van der Waals surface area (Å²) in [6, 6.07) is 1.69. The Kier molecular flexibility index (Phi) is 3.76. The summed E-state index contributed by atoms with van der Waals surface area (Å²) in [6.45, 7) is 8.30. The van der Waals surface area contributed by atoms with Crippen molar-refractivity contribution in [3.63, 3.8) is 0 Å². The molecule has 0 aliphatic carbocycles. The molecule has 6 heteroatoms. The molecule has 2 N–H and O–H groups in total. The molecule has 1 aromatic rings. The van der Waals surface area contributed by atoms with Crippen molar-refractivity contribution in [1.29, 1.82) is 0 Å². The molecule has 1 fully saturated rings. The summed E-state index contributed by atoms with van der Waals surface area (Å²) >= 11 is 0. The number of hydrogen-bond donors (Lipinski definition) is 1. The first-order valence-corrected chi connectivity index (χ1v) is 6.23. The topological polar surface area (TPSA) is 75.3 Å². The van der Waals surface area contributed by atoms with Crippen LogP contribution in [0, 0.1) is 6.92 Å². The third kappa shape index (κ3) is 2.76. The minimum absolute atomic E-state index is 0.0528. The minimum Gasteiger partial charge on any atom is -0.368 e. The van der Waals surface area contributed by atoms with Gasteiger partial charge in [-0.3, -0.25) is 4.79 Å². The molecule has 6 nitrogen and oxygen atoms in total. The summed E-state index contributed by atoms with van der Waals surface area (Å²) in [5.41, 5.74) is 6.68. The molecule has 0 radical (unpaired) electrons. The summed E-state index contributed by atoms with van der Waals surface area (Å²) in [4.78, 5) is 24.4. The smallest absolute Gasteiger partial charge is 0.272 e. The van der Waals surface area contributed by atoms with Crippen LogP contribution in [0.4, 0.5) is 5.95 Å². The maximum atomic E-state index is 12.3. The third-order valence-electron chi connectivity index (χ3n) is 3.20. The van der Waals surface area contributed by atoms with Crippen molar-refractivity contribution in [1.82, 2.24) is 19.8 Å². The van der Waals surface area contributed by atoms with Gasteiger partial charge in [0.25, 0.3) is 5.91 Å². The summed E-state index contributed by atoms with van der Waals surface area (Å²) in [5, 5.41) is 0. The van der Waals surface area contributed by atoms with Crippen molar-refractivity contribution in [2.45, 2.75) is 13.8 Å². The molecule has 98 valence electrons. The molecule has 0 aromatic carbocycles. The van der Waals surface area contributed by atoms with Gasteiger partial charge in [-0.2, -0.15) is 0 Å². The van der Waals surface area contributed by atoms with Crippen LogP contribution in [-0.4, -0.2) is 58.4 Å². The van der Waals surface area contributed by atoms with Crippen LogP contribution in [0.1, 0.15) is 23.1 Å². The van der Waals surface area contributed by atoms with Crippen molar-refractivity contribution in [2.24, 2.45) is 0 Å². The Morgan fingerprint density at radius 3 is 2.56 bits per heavy atom. The highest BCUT2D eigenvalue weighted by atomic mass is 16.2. The number of piperazine rings is 1. The Bertz CT molecular complexity index is 420. The van der Waals surface area contributed by atoms with E-state index in [2.05, 4.69) is 21.8 Å². The van der Waals surface area contributed by atoms with E-state index in [0.717, 1.165) is 38.4 Å². The lowest BCUT2D eigenvalue weighted by molar-refractivity contribution is 0.0637. The number of anilines is 1. The maximum absolute atomic E-state index is 12.3. The lowest BCUT2D eigenvalue weighted by atomic mass is 10.2. The fourth-order valence-corrected chi connectivity index (χ4v) is 2.13.